The maximum absolute atomic E-state index is 12.0. The molecule has 4 nitrogen and oxygen atoms in total. The van der Waals surface area contributed by atoms with Crippen LogP contribution in [-0.4, -0.2) is 25.0 Å². The van der Waals surface area contributed by atoms with Gasteiger partial charge in [0.05, 0.1) is 7.11 Å². The number of esters is 1. The molecule has 0 bridgehead atoms. The van der Waals surface area contributed by atoms with Crippen LogP contribution in [0.2, 0.25) is 0 Å². The lowest BCUT2D eigenvalue weighted by molar-refractivity contribution is -0.142. The van der Waals surface area contributed by atoms with E-state index in [2.05, 4.69) is 10.1 Å². The van der Waals surface area contributed by atoms with Crippen molar-refractivity contribution in [1.82, 2.24) is 5.32 Å². The normalized spacial score (nSPS) is 11.8. The third-order valence-electron chi connectivity index (χ3n) is 2.61. The van der Waals surface area contributed by atoms with E-state index in [1.165, 1.54) is 7.11 Å². The zero-order chi connectivity index (χ0) is 13.0. The molecule has 0 aliphatic carbocycles. The first kappa shape index (κ1) is 13.2. The molecule has 17 heavy (non-hydrogen) atoms. The molecule has 1 rings (SSSR count). The summed E-state index contributed by atoms with van der Waals surface area (Å²) in [6.45, 7) is 5.33. The van der Waals surface area contributed by atoms with Crippen molar-refractivity contribution in [3.63, 3.8) is 0 Å². The first-order valence-corrected chi connectivity index (χ1v) is 5.42. The quantitative estimate of drug-likeness (QED) is 0.809. The van der Waals surface area contributed by atoms with E-state index in [0.717, 1.165) is 11.1 Å². The number of carbonyl (C=O) groups excluding carboxylic acids is 2. The lowest BCUT2D eigenvalue weighted by Gasteiger charge is -2.14. The fourth-order valence-electron chi connectivity index (χ4n) is 1.68. The minimum atomic E-state index is -0.647. The average molecular weight is 235 g/mol. The molecule has 1 aromatic rings. The van der Waals surface area contributed by atoms with Crippen molar-refractivity contribution in [1.29, 1.82) is 0 Å². The van der Waals surface area contributed by atoms with Gasteiger partial charge in [-0.05, 0) is 31.9 Å². The van der Waals surface area contributed by atoms with E-state index in [9.17, 15) is 9.59 Å². The standard InChI is InChI=1S/C13H17NO3/c1-8-6-5-7-9(2)11(8)12(15)14-10(3)13(16)17-4/h5-7,10H,1-4H3,(H,14,15). The number of carbonyl (C=O) groups is 2. The van der Waals surface area contributed by atoms with E-state index in [4.69, 9.17) is 0 Å². The molecule has 0 radical (unpaired) electrons. The van der Waals surface area contributed by atoms with E-state index in [1.807, 2.05) is 32.0 Å². The molecule has 0 aromatic heterocycles. The summed E-state index contributed by atoms with van der Waals surface area (Å²) in [7, 11) is 1.30. The largest absolute Gasteiger partial charge is 0.467 e. The first-order valence-electron chi connectivity index (χ1n) is 5.42. The molecule has 0 saturated carbocycles. The van der Waals surface area contributed by atoms with Gasteiger partial charge in [-0.3, -0.25) is 4.79 Å². The smallest absolute Gasteiger partial charge is 0.328 e. The number of ether oxygens (including phenoxy) is 1. The molecular formula is C13H17NO3. The second kappa shape index (κ2) is 5.48. The molecule has 0 aliphatic heterocycles. The van der Waals surface area contributed by atoms with Crippen molar-refractivity contribution in [3.05, 3.63) is 34.9 Å². The lowest BCUT2D eigenvalue weighted by atomic mass is 10.0. The van der Waals surface area contributed by atoms with Crippen LogP contribution < -0.4 is 5.32 Å². The summed E-state index contributed by atoms with van der Waals surface area (Å²) in [6.07, 6.45) is 0. The number of benzene rings is 1. The van der Waals surface area contributed by atoms with Gasteiger partial charge in [-0.1, -0.05) is 18.2 Å². The van der Waals surface area contributed by atoms with E-state index in [-0.39, 0.29) is 5.91 Å². The Kier molecular flexibility index (Phi) is 4.26. The molecule has 0 fully saturated rings. The van der Waals surface area contributed by atoms with Crippen molar-refractivity contribution in [2.24, 2.45) is 0 Å². The van der Waals surface area contributed by atoms with Gasteiger partial charge >= 0.3 is 5.97 Å². The van der Waals surface area contributed by atoms with Crippen molar-refractivity contribution >= 4 is 11.9 Å². The minimum Gasteiger partial charge on any atom is -0.467 e. The molecule has 1 aromatic carbocycles. The molecule has 0 heterocycles. The maximum Gasteiger partial charge on any atom is 0.328 e. The van der Waals surface area contributed by atoms with Gasteiger partial charge in [0, 0.05) is 5.56 Å². The Labute approximate surface area is 101 Å². The Balaban J connectivity index is 2.87. The summed E-state index contributed by atoms with van der Waals surface area (Å²) < 4.78 is 4.56. The molecule has 1 unspecified atom stereocenters. The molecule has 1 atom stereocenters. The van der Waals surface area contributed by atoms with Crippen LogP contribution >= 0.6 is 0 Å². The summed E-state index contributed by atoms with van der Waals surface area (Å²) in [5.74, 6) is -0.705. The molecular weight excluding hydrogens is 218 g/mol. The number of hydrogen-bond donors (Lipinski definition) is 1. The summed E-state index contributed by atoms with van der Waals surface area (Å²) in [6, 6.07) is 4.98. The lowest BCUT2D eigenvalue weighted by Crippen LogP contribution is -2.39. The zero-order valence-electron chi connectivity index (χ0n) is 10.5. The Morgan fingerprint density at radius 2 is 1.76 bits per heavy atom. The molecule has 0 spiro atoms. The zero-order valence-corrected chi connectivity index (χ0v) is 10.5. The van der Waals surface area contributed by atoms with Crippen molar-refractivity contribution in [2.45, 2.75) is 26.8 Å². The SMILES string of the molecule is COC(=O)C(C)NC(=O)c1c(C)cccc1C. The number of amides is 1. The first-order chi connectivity index (χ1) is 7.97. The summed E-state index contributed by atoms with van der Waals surface area (Å²) >= 11 is 0. The van der Waals surface area contributed by atoms with E-state index in [0.29, 0.717) is 5.56 Å². The Bertz CT molecular complexity index is 420. The van der Waals surface area contributed by atoms with Gasteiger partial charge in [0.1, 0.15) is 6.04 Å². The van der Waals surface area contributed by atoms with E-state index < -0.39 is 12.0 Å². The number of nitrogens with one attached hydrogen (secondary N) is 1. The molecule has 1 N–H and O–H groups in total. The minimum absolute atomic E-state index is 0.251. The van der Waals surface area contributed by atoms with Crippen LogP contribution in [0.1, 0.15) is 28.4 Å². The van der Waals surface area contributed by atoms with Gasteiger partial charge in [0.2, 0.25) is 0 Å². The molecule has 4 heteroatoms. The summed E-state index contributed by atoms with van der Waals surface area (Å²) in [5, 5.41) is 2.62. The van der Waals surface area contributed by atoms with Crippen LogP contribution in [0.5, 0.6) is 0 Å². The number of methoxy groups -OCH3 is 1. The molecule has 1 amide bonds. The van der Waals surface area contributed by atoms with Gasteiger partial charge < -0.3 is 10.1 Å². The Morgan fingerprint density at radius 3 is 2.24 bits per heavy atom. The molecule has 0 aliphatic rings. The van der Waals surface area contributed by atoms with Crippen LogP contribution in [0.3, 0.4) is 0 Å². The van der Waals surface area contributed by atoms with Crippen LogP contribution in [0.25, 0.3) is 0 Å². The highest BCUT2D eigenvalue weighted by Gasteiger charge is 2.18. The Morgan fingerprint density at radius 1 is 1.24 bits per heavy atom. The highest BCUT2D eigenvalue weighted by molar-refractivity contribution is 5.99. The van der Waals surface area contributed by atoms with Gasteiger partial charge in [-0.15, -0.1) is 0 Å². The van der Waals surface area contributed by atoms with Gasteiger partial charge in [0.25, 0.3) is 5.91 Å². The summed E-state index contributed by atoms with van der Waals surface area (Å²) in [4.78, 5) is 23.2. The number of aryl methyl sites for hydroxylation is 2. The fraction of sp³-hybridized carbons (Fsp3) is 0.385. The Hall–Kier alpha value is -1.84. The highest BCUT2D eigenvalue weighted by Crippen LogP contribution is 2.13. The summed E-state index contributed by atoms with van der Waals surface area (Å²) in [5.41, 5.74) is 2.39. The van der Waals surface area contributed by atoms with Crippen LogP contribution in [-0.2, 0) is 9.53 Å². The number of hydrogen-bond acceptors (Lipinski definition) is 3. The third kappa shape index (κ3) is 3.06. The highest BCUT2D eigenvalue weighted by atomic mass is 16.5. The number of rotatable bonds is 3. The fourth-order valence-corrected chi connectivity index (χ4v) is 1.68. The van der Waals surface area contributed by atoms with E-state index in [1.54, 1.807) is 6.92 Å². The second-order valence-electron chi connectivity index (χ2n) is 3.99. The van der Waals surface area contributed by atoms with Gasteiger partial charge in [0.15, 0.2) is 0 Å². The van der Waals surface area contributed by atoms with Crippen molar-refractivity contribution in [3.8, 4) is 0 Å². The molecule has 0 saturated heterocycles. The third-order valence-corrected chi connectivity index (χ3v) is 2.61. The average Bonchev–Trinajstić information content (AvgIpc) is 2.27. The van der Waals surface area contributed by atoms with Gasteiger partial charge in [-0.2, -0.15) is 0 Å². The van der Waals surface area contributed by atoms with Gasteiger partial charge in [-0.25, -0.2) is 4.79 Å². The van der Waals surface area contributed by atoms with Crippen molar-refractivity contribution < 1.29 is 14.3 Å². The maximum atomic E-state index is 12.0. The van der Waals surface area contributed by atoms with Crippen LogP contribution in [0.15, 0.2) is 18.2 Å². The van der Waals surface area contributed by atoms with E-state index >= 15 is 0 Å². The van der Waals surface area contributed by atoms with Crippen LogP contribution in [0, 0.1) is 13.8 Å². The topological polar surface area (TPSA) is 55.4 Å². The molecule has 92 valence electrons. The predicted octanol–water partition coefficient (Wildman–Crippen LogP) is 1.59. The second-order valence-corrected chi connectivity index (χ2v) is 3.99. The predicted molar refractivity (Wildman–Crippen MR) is 64.9 cm³/mol. The monoisotopic (exact) mass is 235 g/mol. The van der Waals surface area contributed by atoms with Crippen molar-refractivity contribution in [2.75, 3.05) is 7.11 Å². The van der Waals surface area contributed by atoms with Crippen LogP contribution in [0.4, 0.5) is 0 Å².